The lowest BCUT2D eigenvalue weighted by Gasteiger charge is -2.14. The van der Waals surface area contributed by atoms with E-state index in [1.54, 1.807) is 31.4 Å². The third kappa shape index (κ3) is 5.58. The lowest BCUT2D eigenvalue weighted by molar-refractivity contribution is -0.131. The second-order valence-electron chi connectivity index (χ2n) is 7.63. The van der Waals surface area contributed by atoms with Crippen LogP contribution in [0, 0.1) is 13.8 Å². The number of aromatic nitrogens is 3. The molecule has 1 heterocycles. The van der Waals surface area contributed by atoms with Gasteiger partial charge in [-0.3, -0.25) is 9.36 Å². The van der Waals surface area contributed by atoms with Gasteiger partial charge in [0.05, 0.1) is 19.4 Å². The molecule has 1 aromatic heterocycles. The van der Waals surface area contributed by atoms with Gasteiger partial charge in [-0.2, -0.15) is 0 Å². The number of methoxy groups -OCH3 is 1. The molecule has 0 amide bonds. The maximum absolute atomic E-state index is 12.5. The van der Waals surface area contributed by atoms with E-state index in [4.69, 9.17) is 9.47 Å². The summed E-state index contributed by atoms with van der Waals surface area (Å²) < 4.78 is 12.6. The normalized spacial score (nSPS) is 10.7. The van der Waals surface area contributed by atoms with Crippen LogP contribution in [0.4, 0.5) is 5.69 Å². The topological polar surface area (TPSA) is 78.3 Å². The minimum Gasteiger partial charge on any atom is -0.497 e. The molecule has 0 atom stereocenters. The maximum atomic E-state index is 12.5. The molecule has 34 heavy (non-hydrogen) atoms. The minimum atomic E-state index is -0.379. The predicted octanol–water partition coefficient (Wildman–Crippen LogP) is 5.20. The van der Waals surface area contributed by atoms with E-state index in [-0.39, 0.29) is 11.7 Å². The van der Waals surface area contributed by atoms with E-state index in [0.29, 0.717) is 23.2 Å². The van der Waals surface area contributed by atoms with Crippen molar-refractivity contribution in [2.45, 2.75) is 25.5 Å². The Kier molecular flexibility index (Phi) is 7.49. The first-order valence-electron chi connectivity index (χ1n) is 10.8. The van der Waals surface area contributed by atoms with Gasteiger partial charge in [0, 0.05) is 17.4 Å². The highest BCUT2D eigenvalue weighted by molar-refractivity contribution is 7.99. The van der Waals surface area contributed by atoms with Gasteiger partial charge in [0.25, 0.3) is 0 Å². The van der Waals surface area contributed by atoms with Crippen molar-refractivity contribution >= 4 is 23.4 Å². The van der Waals surface area contributed by atoms with Crippen molar-refractivity contribution in [3.63, 3.8) is 0 Å². The molecule has 4 aromatic rings. The van der Waals surface area contributed by atoms with Crippen LogP contribution in [0.1, 0.15) is 17.0 Å². The van der Waals surface area contributed by atoms with Crippen LogP contribution < -0.4 is 14.8 Å². The number of hydrogen-bond donors (Lipinski definition) is 1. The highest BCUT2D eigenvalue weighted by atomic mass is 32.2. The smallest absolute Gasteiger partial charge is 0.321 e. The molecular formula is C26H26N4O3S. The summed E-state index contributed by atoms with van der Waals surface area (Å²) in [5.41, 5.74) is 4.34. The number of thioether (sulfide) groups is 1. The van der Waals surface area contributed by atoms with E-state index in [1.807, 2.05) is 41.0 Å². The Labute approximate surface area is 203 Å². The number of hydrogen-bond acceptors (Lipinski definition) is 7. The summed E-state index contributed by atoms with van der Waals surface area (Å²) in [7, 11) is 1.57. The van der Waals surface area contributed by atoms with Crippen LogP contribution in [0.2, 0.25) is 0 Å². The lowest BCUT2D eigenvalue weighted by Crippen LogP contribution is -2.12. The van der Waals surface area contributed by atoms with Crippen molar-refractivity contribution in [3.8, 4) is 17.2 Å². The Morgan fingerprint density at radius 1 is 0.941 bits per heavy atom. The van der Waals surface area contributed by atoms with Crippen molar-refractivity contribution in [1.82, 2.24) is 14.8 Å². The molecule has 0 radical (unpaired) electrons. The van der Waals surface area contributed by atoms with Crippen LogP contribution in [0.3, 0.4) is 0 Å². The van der Waals surface area contributed by atoms with Crippen molar-refractivity contribution in [2.24, 2.45) is 0 Å². The number of nitrogens with one attached hydrogen (secondary N) is 1. The van der Waals surface area contributed by atoms with Gasteiger partial charge in [0.15, 0.2) is 11.0 Å². The molecule has 0 saturated heterocycles. The molecule has 3 aromatic carbocycles. The number of benzene rings is 3. The van der Waals surface area contributed by atoms with Gasteiger partial charge in [0.1, 0.15) is 11.5 Å². The zero-order chi connectivity index (χ0) is 23.9. The minimum absolute atomic E-state index is 0.0898. The molecule has 8 heteroatoms. The zero-order valence-electron chi connectivity index (χ0n) is 19.3. The number of rotatable bonds is 9. The molecule has 0 fully saturated rings. The second-order valence-corrected chi connectivity index (χ2v) is 8.57. The zero-order valence-corrected chi connectivity index (χ0v) is 20.1. The van der Waals surface area contributed by atoms with E-state index < -0.39 is 0 Å². The summed E-state index contributed by atoms with van der Waals surface area (Å²) >= 11 is 1.28. The quantitative estimate of drug-likeness (QED) is 0.203. The first-order chi connectivity index (χ1) is 16.5. The van der Waals surface area contributed by atoms with Crippen LogP contribution in [-0.4, -0.2) is 33.6 Å². The van der Waals surface area contributed by atoms with E-state index in [9.17, 15) is 4.79 Å². The Morgan fingerprint density at radius 2 is 1.65 bits per heavy atom. The van der Waals surface area contributed by atoms with Crippen molar-refractivity contribution < 1.29 is 14.3 Å². The number of ether oxygens (including phenoxy) is 2. The second kappa shape index (κ2) is 10.9. The fourth-order valence-electron chi connectivity index (χ4n) is 3.55. The Bertz CT molecular complexity index is 1250. The molecular weight excluding hydrogens is 448 g/mol. The molecule has 1 N–H and O–H groups in total. The number of aryl methyl sites for hydroxylation is 2. The largest absolute Gasteiger partial charge is 0.497 e. The Balaban J connectivity index is 1.51. The fourth-order valence-corrected chi connectivity index (χ4v) is 4.30. The molecule has 0 saturated carbocycles. The van der Waals surface area contributed by atoms with Crippen LogP contribution in [-0.2, 0) is 11.3 Å². The number of nitrogens with zero attached hydrogens (tertiary/aromatic N) is 3. The van der Waals surface area contributed by atoms with Gasteiger partial charge in [-0.25, -0.2) is 0 Å². The number of esters is 1. The van der Waals surface area contributed by atoms with E-state index in [1.165, 1.54) is 22.9 Å². The molecule has 0 spiro atoms. The summed E-state index contributed by atoms with van der Waals surface area (Å²) in [6.45, 7) is 4.64. The van der Waals surface area contributed by atoms with Gasteiger partial charge < -0.3 is 14.8 Å². The van der Waals surface area contributed by atoms with Crippen molar-refractivity contribution in [1.29, 1.82) is 0 Å². The first kappa shape index (κ1) is 23.4. The maximum Gasteiger partial charge on any atom is 0.321 e. The van der Waals surface area contributed by atoms with Gasteiger partial charge in [-0.1, -0.05) is 54.2 Å². The third-order valence-corrected chi connectivity index (χ3v) is 6.11. The molecule has 4 rings (SSSR count). The van der Waals surface area contributed by atoms with Crippen LogP contribution in [0.5, 0.6) is 11.5 Å². The summed E-state index contributed by atoms with van der Waals surface area (Å²) in [5, 5.41) is 12.9. The number of anilines is 1. The summed E-state index contributed by atoms with van der Waals surface area (Å²) in [5.74, 6) is 1.52. The number of para-hydroxylation sites is 2. The van der Waals surface area contributed by atoms with Crippen LogP contribution >= 0.6 is 11.8 Å². The third-order valence-electron chi connectivity index (χ3n) is 5.21. The summed E-state index contributed by atoms with van der Waals surface area (Å²) in [6.07, 6.45) is 0. The average Bonchev–Trinajstić information content (AvgIpc) is 3.26. The van der Waals surface area contributed by atoms with Gasteiger partial charge >= 0.3 is 5.97 Å². The van der Waals surface area contributed by atoms with Gasteiger partial charge in [-0.05, 0) is 49.2 Å². The Morgan fingerprint density at radius 3 is 2.38 bits per heavy atom. The Hall–Kier alpha value is -3.78. The molecule has 0 aliphatic heterocycles. The predicted molar refractivity (Wildman–Crippen MR) is 134 cm³/mol. The SMILES string of the molecule is COc1cccc(OC(=O)CSc2nnc(CNc3c(C)cccc3C)n2-c2ccccc2)c1. The highest BCUT2D eigenvalue weighted by Gasteiger charge is 2.17. The standard InChI is InChI=1S/C26H26N4O3S/c1-18-9-7-10-19(2)25(18)27-16-23-28-29-26(30(23)20-11-5-4-6-12-20)34-17-24(31)33-22-14-8-13-21(15-22)32-3/h4-15,27H,16-17H2,1-3H3. The van der Waals surface area contributed by atoms with Crippen molar-refractivity contribution in [2.75, 3.05) is 18.2 Å². The fraction of sp³-hybridized carbons (Fsp3) is 0.192. The molecule has 0 aliphatic rings. The van der Waals surface area contributed by atoms with Crippen LogP contribution in [0.25, 0.3) is 5.69 Å². The average molecular weight is 475 g/mol. The van der Waals surface area contributed by atoms with E-state index in [0.717, 1.165) is 17.2 Å². The van der Waals surface area contributed by atoms with Gasteiger partial charge in [-0.15, -0.1) is 10.2 Å². The van der Waals surface area contributed by atoms with Gasteiger partial charge in [0.2, 0.25) is 0 Å². The summed E-state index contributed by atoms with van der Waals surface area (Å²) in [6, 6.07) is 23.0. The summed E-state index contributed by atoms with van der Waals surface area (Å²) in [4.78, 5) is 12.5. The molecule has 174 valence electrons. The lowest BCUT2D eigenvalue weighted by atomic mass is 10.1. The van der Waals surface area contributed by atoms with E-state index >= 15 is 0 Å². The van der Waals surface area contributed by atoms with E-state index in [2.05, 4.69) is 41.5 Å². The molecule has 7 nitrogen and oxygen atoms in total. The molecule has 0 unspecified atom stereocenters. The van der Waals surface area contributed by atoms with Crippen LogP contribution in [0.15, 0.2) is 78.0 Å². The number of carbonyl (C=O) groups excluding carboxylic acids is 1. The first-order valence-corrected chi connectivity index (χ1v) is 11.8. The van der Waals surface area contributed by atoms with Crippen molar-refractivity contribution in [3.05, 3.63) is 89.7 Å². The highest BCUT2D eigenvalue weighted by Crippen LogP contribution is 2.25. The number of carbonyl (C=O) groups is 1. The monoisotopic (exact) mass is 474 g/mol. The molecule has 0 bridgehead atoms. The molecule has 0 aliphatic carbocycles.